The van der Waals surface area contributed by atoms with Crippen LogP contribution in [0.5, 0.6) is 0 Å². The number of thiocarbonyl (C=S) groups is 1. The molecular weight excluding hydrogens is 400 g/mol. The summed E-state index contributed by atoms with van der Waals surface area (Å²) in [4.78, 5) is 6.93. The van der Waals surface area contributed by atoms with Gasteiger partial charge in [0.25, 0.3) is 0 Å². The van der Waals surface area contributed by atoms with Gasteiger partial charge < -0.3 is 14.8 Å². The van der Waals surface area contributed by atoms with Crippen LogP contribution in [0.3, 0.4) is 0 Å². The maximum absolute atomic E-state index is 6.10. The maximum Gasteiger partial charge on any atom is 0.170 e. The third-order valence-corrected chi connectivity index (χ3v) is 6.14. The smallest absolute Gasteiger partial charge is 0.170 e. The Morgan fingerprint density at radius 2 is 1.90 bits per heavy atom. The number of hydrogen-bond donors (Lipinski definition) is 1. The Morgan fingerprint density at radius 1 is 1.14 bits per heavy atom. The zero-order valence-corrected chi connectivity index (χ0v) is 18.5. The average Bonchev–Trinajstić information content (AvgIpc) is 3.20. The fourth-order valence-corrected chi connectivity index (χ4v) is 4.76. The van der Waals surface area contributed by atoms with Crippen molar-refractivity contribution in [3.8, 4) is 5.69 Å². The highest BCUT2D eigenvalue weighted by atomic mass is 35.5. The summed E-state index contributed by atoms with van der Waals surface area (Å²) in [5, 5.41) is 5.06. The molecule has 0 saturated carbocycles. The van der Waals surface area contributed by atoms with Crippen molar-refractivity contribution in [1.82, 2.24) is 19.8 Å². The second kappa shape index (κ2) is 8.17. The van der Waals surface area contributed by atoms with E-state index in [2.05, 4.69) is 64.8 Å². The normalized spacial score (nSPS) is 18.9. The molecule has 3 heterocycles. The molecule has 1 aliphatic rings. The standard InChI is InChI=1S/C23H25ClN4S/c1-4-13-27-22(21(26-23(27)29)20-7-5-6-12-25-20)19-14-15(2)28(16(19)3)18-10-8-17(24)9-11-18/h5-12,14,21-22H,4,13H2,1-3H3,(H,26,29)/t21-,22-/m0/s1. The molecule has 0 aliphatic carbocycles. The van der Waals surface area contributed by atoms with Gasteiger partial charge in [-0.2, -0.15) is 0 Å². The molecule has 0 unspecified atom stereocenters. The fraction of sp³-hybridized carbons (Fsp3) is 0.304. The first-order valence-corrected chi connectivity index (χ1v) is 10.7. The van der Waals surface area contributed by atoms with Crippen LogP contribution in [-0.2, 0) is 0 Å². The Hall–Kier alpha value is -2.37. The number of hydrogen-bond acceptors (Lipinski definition) is 2. The van der Waals surface area contributed by atoms with Gasteiger partial charge in [-0.3, -0.25) is 4.98 Å². The minimum Gasteiger partial charge on any atom is -0.352 e. The van der Waals surface area contributed by atoms with Crippen LogP contribution in [0.25, 0.3) is 5.69 Å². The summed E-state index contributed by atoms with van der Waals surface area (Å²) < 4.78 is 2.28. The molecule has 150 valence electrons. The van der Waals surface area contributed by atoms with Gasteiger partial charge in [0.2, 0.25) is 0 Å². The molecule has 1 saturated heterocycles. The zero-order valence-electron chi connectivity index (χ0n) is 16.9. The molecular formula is C23H25ClN4S. The van der Waals surface area contributed by atoms with Gasteiger partial charge in [-0.15, -0.1) is 0 Å². The lowest BCUT2D eigenvalue weighted by atomic mass is 9.96. The zero-order chi connectivity index (χ0) is 20.5. The van der Waals surface area contributed by atoms with Crippen LogP contribution < -0.4 is 5.32 Å². The minimum atomic E-state index is 0.0226. The summed E-state index contributed by atoms with van der Waals surface area (Å²) in [6, 6.07) is 16.4. The molecule has 1 aromatic carbocycles. The Labute approximate surface area is 182 Å². The van der Waals surface area contributed by atoms with Gasteiger partial charge >= 0.3 is 0 Å². The molecule has 0 radical (unpaired) electrons. The summed E-state index contributed by atoms with van der Waals surface area (Å²) in [5.41, 5.74) is 5.79. The highest BCUT2D eigenvalue weighted by molar-refractivity contribution is 7.80. The number of halogens is 1. The third-order valence-electron chi connectivity index (χ3n) is 5.54. The van der Waals surface area contributed by atoms with E-state index in [-0.39, 0.29) is 12.1 Å². The average molecular weight is 425 g/mol. The van der Waals surface area contributed by atoms with Gasteiger partial charge in [0.1, 0.15) is 0 Å². The van der Waals surface area contributed by atoms with E-state index in [0.29, 0.717) is 0 Å². The van der Waals surface area contributed by atoms with E-state index in [1.54, 1.807) is 0 Å². The van der Waals surface area contributed by atoms with Crippen molar-refractivity contribution >= 4 is 28.9 Å². The van der Waals surface area contributed by atoms with Gasteiger partial charge in [-0.25, -0.2) is 0 Å². The van der Waals surface area contributed by atoms with Gasteiger partial charge in [0.05, 0.1) is 17.8 Å². The van der Waals surface area contributed by atoms with E-state index in [1.807, 2.05) is 30.5 Å². The van der Waals surface area contributed by atoms with Gasteiger partial charge in [0, 0.05) is 34.8 Å². The summed E-state index contributed by atoms with van der Waals surface area (Å²) in [6.45, 7) is 7.42. The number of benzene rings is 1. The molecule has 1 N–H and O–H groups in total. The monoisotopic (exact) mass is 424 g/mol. The van der Waals surface area contributed by atoms with E-state index in [1.165, 1.54) is 17.0 Å². The topological polar surface area (TPSA) is 33.1 Å². The van der Waals surface area contributed by atoms with Crippen LogP contribution in [0.2, 0.25) is 5.02 Å². The molecule has 0 amide bonds. The largest absolute Gasteiger partial charge is 0.352 e. The van der Waals surface area contributed by atoms with Crippen LogP contribution in [0.15, 0.2) is 54.7 Å². The van der Waals surface area contributed by atoms with Crippen molar-refractivity contribution in [3.05, 3.63) is 82.4 Å². The number of aromatic nitrogens is 2. The fourth-order valence-electron chi connectivity index (χ4n) is 4.30. The van der Waals surface area contributed by atoms with Crippen molar-refractivity contribution in [2.45, 2.75) is 39.3 Å². The molecule has 0 spiro atoms. The lowest BCUT2D eigenvalue weighted by Gasteiger charge is -2.27. The summed E-state index contributed by atoms with van der Waals surface area (Å²) in [5.74, 6) is 0. The number of aryl methyl sites for hydroxylation is 1. The lowest BCUT2D eigenvalue weighted by Crippen LogP contribution is -2.30. The Bertz CT molecular complexity index is 1010. The van der Waals surface area contributed by atoms with Crippen LogP contribution in [0.1, 0.15) is 48.1 Å². The molecule has 3 aromatic rings. The Balaban J connectivity index is 1.82. The SMILES string of the molecule is CCCN1C(=S)N[C@@H](c2ccccn2)[C@@H]1c1cc(C)n(-c2ccc(Cl)cc2)c1C. The molecule has 1 fully saturated rings. The highest BCUT2D eigenvalue weighted by Gasteiger charge is 2.40. The van der Waals surface area contributed by atoms with Crippen LogP contribution in [0.4, 0.5) is 0 Å². The predicted molar refractivity (Wildman–Crippen MR) is 123 cm³/mol. The van der Waals surface area contributed by atoms with Crippen molar-refractivity contribution in [1.29, 1.82) is 0 Å². The molecule has 2 atom stereocenters. The first kappa shape index (κ1) is 19.9. The minimum absolute atomic E-state index is 0.0226. The first-order valence-electron chi connectivity index (χ1n) is 9.94. The van der Waals surface area contributed by atoms with Crippen molar-refractivity contribution < 1.29 is 0 Å². The first-order chi connectivity index (χ1) is 14.0. The molecule has 2 aromatic heterocycles. The van der Waals surface area contributed by atoms with Crippen LogP contribution in [-0.4, -0.2) is 26.1 Å². The van der Waals surface area contributed by atoms with Crippen LogP contribution >= 0.6 is 23.8 Å². The quantitative estimate of drug-likeness (QED) is 0.546. The second-order valence-electron chi connectivity index (χ2n) is 7.46. The molecule has 4 rings (SSSR count). The van der Waals surface area contributed by atoms with E-state index in [4.69, 9.17) is 23.8 Å². The number of rotatable bonds is 5. The lowest BCUT2D eigenvalue weighted by molar-refractivity contribution is 0.316. The second-order valence-corrected chi connectivity index (χ2v) is 8.28. The number of pyridine rings is 1. The van der Waals surface area contributed by atoms with Crippen molar-refractivity contribution in [2.24, 2.45) is 0 Å². The van der Waals surface area contributed by atoms with E-state index in [9.17, 15) is 0 Å². The van der Waals surface area contributed by atoms with E-state index < -0.39 is 0 Å². The molecule has 0 bridgehead atoms. The summed E-state index contributed by atoms with van der Waals surface area (Å²) in [7, 11) is 0. The molecule has 6 heteroatoms. The molecule has 4 nitrogen and oxygen atoms in total. The molecule has 1 aliphatic heterocycles. The van der Waals surface area contributed by atoms with Gasteiger partial charge in [-0.1, -0.05) is 24.6 Å². The Morgan fingerprint density at radius 3 is 2.55 bits per heavy atom. The van der Waals surface area contributed by atoms with Crippen molar-refractivity contribution in [2.75, 3.05) is 6.54 Å². The van der Waals surface area contributed by atoms with E-state index >= 15 is 0 Å². The number of nitrogens with one attached hydrogen (secondary N) is 1. The van der Waals surface area contributed by atoms with E-state index in [0.717, 1.165) is 34.5 Å². The summed E-state index contributed by atoms with van der Waals surface area (Å²) in [6.07, 6.45) is 2.87. The number of nitrogens with zero attached hydrogens (tertiary/aromatic N) is 3. The van der Waals surface area contributed by atoms with Crippen LogP contribution in [0, 0.1) is 13.8 Å². The third kappa shape index (κ3) is 3.65. The van der Waals surface area contributed by atoms with Gasteiger partial charge in [-0.05, 0) is 80.5 Å². The highest BCUT2D eigenvalue weighted by Crippen LogP contribution is 2.41. The van der Waals surface area contributed by atoms with Crippen molar-refractivity contribution in [3.63, 3.8) is 0 Å². The summed E-state index contributed by atoms with van der Waals surface area (Å²) >= 11 is 11.8. The molecule has 29 heavy (non-hydrogen) atoms. The Kier molecular flexibility index (Phi) is 5.61. The maximum atomic E-state index is 6.10. The van der Waals surface area contributed by atoms with Gasteiger partial charge in [0.15, 0.2) is 5.11 Å². The predicted octanol–water partition coefficient (Wildman–Crippen LogP) is 5.53.